The van der Waals surface area contributed by atoms with Gasteiger partial charge in [-0.2, -0.15) is 0 Å². The molecule has 4 rings (SSSR count). The number of carbonyl (C=O) groups excluding carboxylic acids is 1. The van der Waals surface area contributed by atoms with Crippen molar-refractivity contribution in [3.8, 4) is 5.75 Å². The third-order valence-electron chi connectivity index (χ3n) is 5.15. The Morgan fingerprint density at radius 2 is 1.83 bits per heavy atom. The molecule has 0 fully saturated rings. The van der Waals surface area contributed by atoms with Crippen molar-refractivity contribution < 1.29 is 9.53 Å². The minimum atomic E-state index is -0.0588. The Bertz CT molecular complexity index is 1160. The van der Waals surface area contributed by atoms with Gasteiger partial charge >= 0.3 is 0 Å². The van der Waals surface area contributed by atoms with Gasteiger partial charge in [0.2, 0.25) is 0 Å². The van der Waals surface area contributed by atoms with Crippen molar-refractivity contribution in [2.45, 2.75) is 19.9 Å². The lowest BCUT2D eigenvalue weighted by molar-refractivity contribution is 0.0954. The van der Waals surface area contributed by atoms with Crippen LogP contribution in [-0.2, 0) is 13.0 Å². The van der Waals surface area contributed by atoms with E-state index < -0.39 is 0 Å². The Hall–Kier alpha value is -3.60. The molecule has 0 spiro atoms. The number of amides is 1. The number of para-hydroxylation sites is 2. The average molecular weight is 399 g/mol. The number of benzene rings is 3. The van der Waals surface area contributed by atoms with E-state index in [2.05, 4.69) is 28.1 Å². The summed E-state index contributed by atoms with van der Waals surface area (Å²) in [6.45, 7) is 3.22. The number of ether oxygens (including phenoxy) is 1. The van der Waals surface area contributed by atoms with Gasteiger partial charge < -0.3 is 14.6 Å². The summed E-state index contributed by atoms with van der Waals surface area (Å²) in [5, 5.41) is 3.02. The molecule has 0 bridgehead atoms. The molecule has 1 amide bonds. The van der Waals surface area contributed by atoms with Crippen LogP contribution in [0.4, 0.5) is 0 Å². The Labute approximate surface area is 176 Å². The van der Waals surface area contributed by atoms with Crippen LogP contribution in [0.1, 0.15) is 27.3 Å². The fourth-order valence-corrected chi connectivity index (χ4v) is 3.58. The summed E-state index contributed by atoms with van der Waals surface area (Å²) in [5.74, 6) is 1.74. The number of nitrogens with zero attached hydrogens (tertiary/aromatic N) is 2. The molecule has 0 aliphatic rings. The number of fused-ring (bicyclic) bond motifs is 1. The SMILES string of the molecule is COc1ccc(Cn2c(CCNC(=O)c3cccc(C)c3)nc3ccccc32)cc1. The van der Waals surface area contributed by atoms with Crippen LogP contribution in [0.5, 0.6) is 5.75 Å². The van der Waals surface area contributed by atoms with Crippen molar-refractivity contribution in [2.24, 2.45) is 0 Å². The van der Waals surface area contributed by atoms with Crippen LogP contribution in [-0.4, -0.2) is 29.1 Å². The first-order valence-corrected chi connectivity index (χ1v) is 10.1. The van der Waals surface area contributed by atoms with E-state index in [9.17, 15) is 4.79 Å². The molecule has 1 N–H and O–H groups in total. The molecule has 0 aliphatic heterocycles. The Morgan fingerprint density at radius 3 is 2.60 bits per heavy atom. The van der Waals surface area contributed by atoms with E-state index in [-0.39, 0.29) is 5.91 Å². The Balaban J connectivity index is 1.51. The molecule has 0 saturated heterocycles. The standard InChI is InChI=1S/C25H25N3O2/c1-18-6-5-7-20(16-18)25(29)26-15-14-24-27-22-8-3-4-9-23(22)28(24)17-19-10-12-21(30-2)13-11-19/h3-13,16H,14-15,17H2,1-2H3,(H,26,29). The number of hydrogen-bond donors (Lipinski definition) is 1. The fourth-order valence-electron chi connectivity index (χ4n) is 3.58. The van der Waals surface area contributed by atoms with Crippen molar-refractivity contribution in [1.29, 1.82) is 0 Å². The molecule has 1 heterocycles. The summed E-state index contributed by atoms with van der Waals surface area (Å²) >= 11 is 0. The molecule has 0 atom stereocenters. The van der Waals surface area contributed by atoms with E-state index in [0.29, 0.717) is 25.1 Å². The molecule has 30 heavy (non-hydrogen) atoms. The van der Waals surface area contributed by atoms with Crippen molar-refractivity contribution in [2.75, 3.05) is 13.7 Å². The quantitative estimate of drug-likeness (QED) is 0.502. The molecule has 0 aliphatic carbocycles. The minimum Gasteiger partial charge on any atom is -0.497 e. The van der Waals surface area contributed by atoms with Crippen LogP contribution in [0.2, 0.25) is 0 Å². The van der Waals surface area contributed by atoms with Gasteiger partial charge in [-0.25, -0.2) is 4.98 Å². The van der Waals surface area contributed by atoms with Crippen LogP contribution in [0.15, 0.2) is 72.8 Å². The monoisotopic (exact) mass is 399 g/mol. The molecule has 5 nitrogen and oxygen atoms in total. The first-order valence-electron chi connectivity index (χ1n) is 10.1. The number of carbonyl (C=O) groups is 1. The van der Waals surface area contributed by atoms with Gasteiger partial charge in [0.15, 0.2) is 0 Å². The van der Waals surface area contributed by atoms with Gasteiger partial charge in [0.25, 0.3) is 5.91 Å². The lowest BCUT2D eigenvalue weighted by Crippen LogP contribution is -2.26. The first-order chi connectivity index (χ1) is 14.6. The molecule has 152 valence electrons. The number of hydrogen-bond acceptors (Lipinski definition) is 3. The summed E-state index contributed by atoms with van der Waals surface area (Å²) in [4.78, 5) is 17.3. The maximum atomic E-state index is 12.4. The molecule has 0 radical (unpaired) electrons. The maximum absolute atomic E-state index is 12.4. The van der Waals surface area contributed by atoms with Crippen LogP contribution in [0.25, 0.3) is 11.0 Å². The molecule has 4 aromatic rings. The average Bonchev–Trinajstić information content (AvgIpc) is 3.11. The topological polar surface area (TPSA) is 56.1 Å². The third-order valence-corrected chi connectivity index (χ3v) is 5.15. The van der Waals surface area contributed by atoms with Gasteiger partial charge in [-0.1, -0.05) is 42.0 Å². The predicted molar refractivity (Wildman–Crippen MR) is 119 cm³/mol. The van der Waals surface area contributed by atoms with E-state index in [4.69, 9.17) is 9.72 Å². The molecular weight excluding hydrogens is 374 g/mol. The van der Waals surface area contributed by atoms with E-state index >= 15 is 0 Å². The zero-order chi connectivity index (χ0) is 20.9. The highest BCUT2D eigenvalue weighted by Crippen LogP contribution is 2.20. The number of imidazole rings is 1. The second-order valence-electron chi connectivity index (χ2n) is 7.33. The van der Waals surface area contributed by atoms with Gasteiger partial charge in [-0.3, -0.25) is 4.79 Å². The Kier molecular flexibility index (Phi) is 5.80. The van der Waals surface area contributed by atoms with Gasteiger partial charge in [0.1, 0.15) is 11.6 Å². The van der Waals surface area contributed by atoms with Crippen molar-refractivity contribution in [1.82, 2.24) is 14.9 Å². The number of rotatable bonds is 7. The van der Waals surface area contributed by atoms with Crippen molar-refractivity contribution in [3.63, 3.8) is 0 Å². The lowest BCUT2D eigenvalue weighted by atomic mass is 10.1. The fraction of sp³-hybridized carbons (Fsp3) is 0.200. The number of aromatic nitrogens is 2. The largest absolute Gasteiger partial charge is 0.497 e. The summed E-state index contributed by atoms with van der Waals surface area (Å²) < 4.78 is 7.48. The summed E-state index contributed by atoms with van der Waals surface area (Å²) in [5.41, 5.74) is 4.98. The number of aryl methyl sites for hydroxylation is 1. The first kappa shape index (κ1) is 19.7. The van der Waals surface area contributed by atoms with E-state index in [1.165, 1.54) is 5.56 Å². The van der Waals surface area contributed by atoms with Crippen LogP contribution < -0.4 is 10.1 Å². The minimum absolute atomic E-state index is 0.0588. The highest BCUT2D eigenvalue weighted by Gasteiger charge is 2.12. The molecule has 5 heteroatoms. The van der Waals surface area contributed by atoms with E-state index in [0.717, 1.165) is 28.2 Å². The van der Waals surface area contributed by atoms with Gasteiger partial charge in [-0.15, -0.1) is 0 Å². The molecular formula is C25H25N3O2. The Morgan fingerprint density at radius 1 is 1.03 bits per heavy atom. The summed E-state index contributed by atoms with van der Waals surface area (Å²) in [6, 6.07) is 23.8. The van der Waals surface area contributed by atoms with E-state index in [1.807, 2.05) is 61.5 Å². The molecule has 0 saturated carbocycles. The maximum Gasteiger partial charge on any atom is 0.251 e. The predicted octanol–water partition coefficient (Wildman–Crippen LogP) is 4.37. The van der Waals surface area contributed by atoms with E-state index in [1.54, 1.807) is 7.11 Å². The van der Waals surface area contributed by atoms with Crippen molar-refractivity contribution >= 4 is 16.9 Å². The third kappa shape index (κ3) is 4.35. The molecule has 0 unspecified atom stereocenters. The zero-order valence-electron chi connectivity index (χ0n) is 17.3. The summed E-state index contributed by atoms with van der Waals surface area (Å²) in [6.07, 6.45) is 0.655. The van der Waals surface area contributed by atoms with Crippen LogP contribution >= 0.6 is 0 Å². The second kappa shape index (κ2) is 8.82. The zero-order valence-corrected chi connectivity index (χ0v) is 17.3. The lowest BCUT2D eigenvalue weighted by Gasteiger charge is -2.11. The van der Waals surface area contributed by atoms with Crippen LogP contribution in [0, 0.1) is 6.92 Å². The highest BCUT2D eigenvalue weighted by atomic mass is 16.5. The van der Waals surface area contributed by atoms with Crippen molar-refractivity contribution in [3.05, 3.63) is 95.3 Å². The number of nitrogens with one attached hydrogen (secondary N) is 1. The van der Waals surface area contributed by atoms with Gasteiger partial charge in [0.05, 0.1) is 18.1 Å². The summed E-state index contributed by atoms with van der Waals surface area (Å²) in [7, 11) is 1.67. The highest BCUT2D eigenvalue weighted by molar-refractivity contribution is 5.94. The smallest absolute Gasteiger partial charge is 0.251 e. The molecule has 3 aromatic carbocycles. The van der Waals surface area contributed by atoms with Crippen LogP contribution in [0.3, 0.4) is 0 Å². The normalized spacial score (nSPS) is 10.9. The van der Waals surface area contributed by atoms with Gasteiger partial charge in [-0.05, 0) is 48.9 Å². The van der Waals surface area contributed by atoms with Gasteiger partial charge in [0, 0.05) is 25.1 Å². The second-order valence-corrected chi connectivity index (χ2v) is 7.33. The molecule has 1 aromatic heterocycles. The number of methoxy groups -OCH3 is 1.